The van der Waals surface area contributed by atoms with Gasteiger partial charge >= 0.3 is 17.9 Å². The molecular formula is C66H103O34+. The third-order valence-electron chi connectivity index (χ3n) is 21.6. The van der Waals surface area contributed by atoms with Gasteiger partial charge in [0.15, 0.2) is 37.4 Å². The van der Waals surface area contributed by atoms with Crippen molar-refractivity contribution in [2.45, 2.75) is 299 Å². The number of fused-ring (bicyclic) bond motifs is 1. The number of aliphatic hydroxyl groups is 21. The van der Waals surface area contributed by atoms with Crippen LogP contribution >= 0.6 is 0 Å². The van der Waals surface area contributed by atoms with Crippen LogP contribution in [0.2, 0.25) is 0 Å². The van der Waals surface area contributed by atoms with Gasteiger partial charge in [0.2, 0.25) is 0 Å². The SMILES string of the molecule is O=C(C=CC1CCC(O)C(O)C1)OCC1OC(OC2CCC(C=CC(=O)OCC3OC(OC4CC5C(OC6OC(CO)C(O)C(O)C6O)CC(O)CC5[OH+]C4C4CCC(O)CC4)C(OC4OC(COC(=O)C=CC5CCC(O)C(O)C5)C(O)C(O)C4O)C(O)C3O)CC2O)C(O)C(O)C1O. The fraction of sp³-hybridized carbons (Fsp3) is 0.864. The third-order valence-corrected chi connectivity index (χ3v) is 21.6. The lowest BCUT2D eigenvalue weighted by molar-refractivity contribution is -0.389. The first-order valence-corrected chi connectivity index (χ1v) is 35.0. The Morgan fingerprint density at radius 2 is 0.770 bits per heavy atom. The summed E-state index contributed by atoms with van der Waals surface area (Å²) >= 11 is 0. The molecule has 20 N–H and O–H groups in total. The number of hydrogen-bond acceptors (Lipinski definition) is 33. The zero-order valence-electron chi connectivity index (χ0n) is 55.1. The standard InChI is InChI=1S/C66H102O34/c67-23-43-50(78)54(82)58(86)64(96-43)94-41-21-32(69)20-40-33(41)22-42(61(92-40)30-7-9-31(68)10-8-30)95-66-62(100-65-60(88)56(84)52(80)45(98-65)25-90-48(76)15-5-28-2-12-35(71)37(73)18-28)57(85)53(81)46(99-66)26-91-49(77)16-6-29-3-13-39(38(74)19-29)93-63-59(87)55(83)51(79)44(97-63)24-89-47(75)14-4-27-1-11-34(70)36(72)17-27/h4-6,14-16,27-46,50-74,78-88H,1-3,7-13,17-26H2/p+1. The first kappa shape index (κ1) is 79.1. The van der Waals surface area contributed by atoms with Gasteiger partial charge in [0, 0.05) is 37.0 Å². The highest BCUT2D eigenvalue weighted by Crippen LogP contribution is 2.45. The highest BCUT2D eigenvalue weighted by atomic mass is 16.8. The minimum atomic E-state index is -2.09. The fourth-order valence-electron chi connectivity index (χ4n) is 15.5. The lowest BCUT2D eigenvalue weighted by Gasteiger charge is -2.50. The molecule has 0 spiro atoms. The Bertz CT molecular complexity index is 2680. The lowest BCUT2D eigenvalue weighted by atomic mass is 9.73. The van der Waals surface area contributed by atoms with Crippen LogP contribution < -0.4 is 0 Å². The Kier molecular flexibility index (Phi) is 28.3. The van der Waals surface area contributed by atoms with Gasteiger partial charge in [-0.2, -0.15) is 0 Å². The normalized spacial score (nSPS) is 48.3. The van der Waals surface area contributed by atoms with Crippen LogP contribution in [0.1, 0.15) is 103 Å². The van der Waals surface area contributed by atoms with Crippen LogP contribution in [-0.2, 0) is 66.5 Å². The number of allylic oxidation sites excluding steroid dienone is 3. The summed E-state index contributed by atoms with van der Waals surface area (Å²) in [6, 6.07) is 0. The molecule has 10 aliphatic rings. The Balaban J connectivity index is 0.810. The zero-order valence-corrected chi connectivity index (χ0v) is 55.1. The summed E-state index contributed by atoms with van der Waals surface area (Å²) in [4.78, 5) is 39.1. The molecule has 5 aliphatic carbocycles. The molecule has 5 saturated carbocycles. The molecule has 0 aromatic rings. The monoisotopic (exact) mass is 1440 g/mol. The molecule has 5 aliphatic heterocycles. The van der Waals surface area contributed by atoms with Crippen molar-refractivity contribution in [2.24, 2.45) is 29.6 Å². The molecule has 0 aromatic heterocycles. The molecule has 0 bridgehead atoms. The molecule has 0 radical (unpaired) electrons. The molecule has 10 rings (SSSR count). The van der Waals surface area contributed by atoms with Gasteiger partial charge in [0.25, 0.3) is 0 Å². The highest BCUT2D eigenvalue weighted by molar-refractivity contribution is 5.82. The van der Waals surface area contributed by atoms with E-state index < -0.39 is 252 Å². The average molecular weight is 1440 g/mol. The van der Waals surface area contributed by atoms with Crippen LogP contribution in [0.3, 0.4) is 0 Å². The largest absolute Gasteiger partial charge is 0.460 e. The quantitative estimate of drug-likeness (QED) is 0.0207. The van der Waals surface area contributed by atoms with Crippen LogP contribution in [0.25, 0.3) is 0 Å². The van der Waals surface area contributed by atoms with Gasteiger partial charge in [-0.25, -0.2) is 14.4 Å². The van der Waals surface area contributed by atoms with E-state index in [2.05, 4.69) is 0 Å². The maximum Gasteiger partial charge on any atom is 0.330 e. The average Bonchev–Trinajstić information content (AvgIpc) is 0.767. The minimum absolute atomic E-state index is 0.00103. The third kappa shape index (κ3) is 19.6. The molecule has 5 saturated heterocycles. The van der Waals surface area contributed by atoms with Gasteiger partial charge in [-0.15, -0.1) is 0 Å². The topological polar surface area (TPSA) is 550 Å². The van der Waals surface area contributed by atoms with Crippen molar-refractivity contribution in [3.63, 3.8) is 0 Å². The van der Waals surface area contributed by atoms with E-state index >= 15 is 0 Å². The Hall–Kier alpha value is -3.49. The molecule has 100 heavy (non-hydrogen) atoms. The first-order valence-electron chi connectivity index (χ1n) is 35.0. The van der Waals surface area contributed by atoms with Crippen molar-refractivity contribution in [3.05, 3.63) is 36.5 Å². The summed E-state index contributed by atoms with van der Waals surface area (Å²) in [6.07, 6.45) is -34.5. The summed E-state index contributed by atoms with van der Waals surface area (Å²) in [7, 11) is 0. The number of rotatable bonds is 22. The van der Waals surface area contributed by atoms with Crippen molar-refractivity contribution in [3.8, 4) is 0 Å². The van der Waals surface area contributed by atoms with Gasteiger partial charge in [-0.3, -0.25) is 0 Å². The molecule has 34 nitrogen and oxygen atoms in total. The van der Waals surface area contributed by atoms with E-state index in [0.29, 0.717) is 51.4 Å². The van der Waals surface area contributed by atoms with Crippen LogP contribution in [0.5, 0.6) is 0 Å². The number of carbonyl (C=O) groups excluding carboxylic acids is 3. The Labute approximate surface area is 575 Å². The first-order chi connectivity index (χ1) is 47.6. The van der Waals surface area contributed by atoms with Crippen molar-refractivity contribution < 1.29 is 168 Å². The van der Waals surface area contributed by atoms with E-state index in [0.717, 1.165) is 18.2 Å². The molecule has 35 unspecified atom stereocenters. The molecule has 0 aromatic carbocycles. The van der Waals surface area contributed by atoms with Crippen LogP contribution in [0, 0.1) is 29.6 Å². The zero-order chi connectivity index (χ0) is 72.0. The van der Waals surface area contributed by atoms with Crippen LogP contribution in [-0.4, -0.2) is 342 Å². The molecule has 5 heterocycles. The smallest absolute Gasteiger partial charge is 0.330 e. The van der Waals surface area contributed by atoms with Crippen LogP contribution in [0.15, 0.2) is 36.5 Å². The second kappa shape index (κ2) is 35.7. The van der Waals surface area contributed by atoms with E-state index in [1.807, 2.05) is 0 Å². The molecular weight excluding hydrogens is 1340 g/mol. The molecule has 570 valence electrons. The Morgan fingerprint density at radius 1 is 0.360 bits per heavy atom. The minimum Gasteiger partial charge on any atom is -0.460 e. The summed E-state index contributed by atoms with van der Waals surface area (Å²) in [5.74, 6) is -4.59. The van der Waals surface area contributed by atoms with Gasteiger partial charge in [0.05, 0.1) is 67.5 Å². The molecule has 35 atom stereocenters. The van der Waals surface area contributed by atoms with Crippen molar-refractivity contribution in [1.29, 1.82) is 0 Å². The summed E-state index contributed by atoms with van der Waals surface area (Å²) in [6.45, 7) is -2.80. The summed E-state index contributed by atoms with van der Waals surface area (Å²) in [5.41, 5.74) is 0. The van der Waals surface area contributed by atoms with Crippen LogP contribution in [0.4, 0.5) is 0 Å². The van der Waals surface area contributed by atoms with Gasteiger partial charge in [-0.1, -0.05) is 18.2 Å². The summed E-state index contributed by atoms with van der Waals surface area (Å²) in [5, 5.41) is 205. The molecule has 0 amide bonds. The van der Waals surface area contributed by atoms with Crippen molar-refractivity contribution in [1.82, 2.24) is 0 Å². The highest BCUT2D eigenvalue weighted by Gasteiger charge is 2.58. The van der Waals surface area contributed by atoms with E-state index in [-0.39, 0.29) is 69.1 Å². The van der Waals surface area contributed by atoms with Gasteiger partial charge in [0.1, 0.15) is 124 Å². The molecule has 10 fully saturated rings. The predicted octanol–water partition coefficient (Wildman–Crippen LogP) is -7.12. The van der Waals surface area contributed by atoms with E-state index in [1.54, 1.807) is 6.08 Å². The number of aliphatic hydroxyl groups excluding tert-OH is 19. The molecule has 34 heteroatoms. The maximum atomic E-state index is 13.6. The van der Waals surface area contributed by atoms with E-state index in [9.17, 15) is 111 Å². The van der Waals surface area contributed by atoms with Gasteiger partial charge < -0.3 is 154 Å². The van der Waals surface area contributed by atoms with Gasteiger partial charge in [-0.05, 0) is 108 Å². The summed E-state index contributed by atoms with van der Waals surface area (Å²) < 4.78 is 70.5. The lowest BCUT2D eigenvalue weighted by Crippen LogP contribution is -2.66. The Morgan fingerprint density at radius 3 is 1.24 bits per heavy atom. The maximum absolute atomic E-state index is 13.6. The van der Waals surface area contributed by atoms with E-state index in [1.165, 1.54) is 12.2 Å². The predicted molar refractivity (Wildman–Crippen MR) is 331 cm³/mol. The van der Waals surface area contributed by atoms with Crippen molar-refractivity contribution in [2.75, 3.05) is 26.4 Å². The fourth-order valence-corrected chi connectivity index (χ4v) is 15.5. The number of ether oxygens (including phenoxy) is 12. The van der Waals surface area contributed by atoms with E-state index in [4.69, 9.17) is 56.8 Å². The second-order valence-electron chi connectivity index (χ2n) is 28.7. The number of esters is 3. The second-order valence-corrected chi connectivity index (χ2v) is 28.7. The van der Waals surface area contributed by atoms with Crippen molar-refractivity contribution >= 4 is 17.9 Å². The number of hydrogen-bond donors (Lipinski definition) is 19. The number of carbonyl (C=O) groups is 3.